The SMILES string of the molecule is C=C(CNC(C)(C)C)CN(C)C1CCCCC1C. The van der Waals surface area contributed by atoms with Crippen LogP contribution in [0.15, 0.2) is 12.2 Å². The summed E-state index contributed by atoms with van der Waals surface area (Å²) in [6.45, 7) is 15.2. The monoisotopic (exact) mass is 252 g/mol. The van der Waals surface area contributed by atoms with Crippen molar-refractivity contribution in [1.82, 2.24) is 10.2 Å². The second-order valence-electron chi connectivity index (χ2n) is 7.10. The van der Waals surface area contributed by atoms with Crippen LogP contribution in [0.2, 0.25) is 0 Å². The van der Waals surface area contributed by atoms with Gasteiger partial charge in [-0.2, -0.15) is 0 Å². The van der Waals surface area contributed by atoms with Crippen molar-refractivity contribution in [2.45, 2.75) is 65.0 Å². The van der Waals surface area contributed by atoms with Crippen LogP contribution in [0.25, 0.3) is 0 Å². The zero-order chi connectivity index (χ0) is 13.8. The van der Waals surface area contributed by atoms with Crippen molar-refractivity contribution in [2.75, 3.05) is 20.1 Å². The standard InChI is InChI=1S/C16H32N2/c1-13(11-17-16(3,4)5)12-18(6)15-10-8-7-9-14(15)2/h14-15,17H,1,7-12H2,2-6H3. The van der Waals surface area contributed by atoms with Crippen molar-refractivity contribution in [3.05, 3.63) is 12.2 Å². The Morgan fingerprint density at radius 1 is 1.28 bits per heavy atom. The molecule has 18 heavy (non-hydrogen) atoms. The van der Waals surface area contributed by atoms with Crippen LogP contribution in [0.1, 0.15) is 53.4 Å². The molecular weight excluding hydrogens is 220 g/mol. The predicted octanol–water partition coefficient (Wildman–Crippen LogP) is 3.44. The van der Waals surface area contributed by atoms with Crippen LogP contribution >= 0.6 is 0 Å². The molecular formula is C16H32N2. The Bertz CT molecular complexity index is 265. The average Bonchev–Trinajstić information content (AvgIpc) is 2.26. The molecule has 1 rings (SSSR count). The van der Waals surface area contributed by atoms with Crippen molar-refractivity contribution >= 4 is 0 Å². The van der Waals surface area contributed by atoms with Gasteiger partial charge in [0.2, 0.25) is 0 Å². The van der Waals surface area contributed by atoms with Crippen LogP contribution in [-0.4, -0.2) is 36.6 Å². The van der Waals surface area contributed by atoms with Crippen LogP contribution in [0, 0.1) is 5.92 Å². The van der Waals surface area contributed by atoms with Gasteiger partial charge in [0.05, 0.1) is 0 Å². The predicted molar refractivity (Wildman–Crippen MR) is 80.9 cm³/mol. The van der Waals surface area contributed by atoms with Gasteiger partial charge in [-0.3, -0.25) is 4.90 Å². The zero-order valence-electron chi connectivity index (χ0n) is 13.1. The highest BCUT2D eigenvalue weighted by Crippen LogP contribution is 2.27. The Hall–Kier alpha value is -0.340. The molecule has 0 aromatic rings. The zero-order valence-corrected chi connectivity index (χ0v) is 13.1. The maximum atomic E-state index is 4.21. The maximum absolute atomic E-state index is 4.21. The lowest BCUT2D eigenvalue weighted by molar-refractivity contribution is 0.149. The Morgan fingerprint density at radius 3 is 2.44 bits per heavy atom. The third kappa shape index (κ3) is 5.53. The highest BCUT2D eigenvalue weighted by molar-refractivity contribution is 5.02. The minimum atomic E-state index is 0.180. The lowest BCUT2D eigenvalue weighted by Gasteiger charge is -2.37. The summed E-state index contributed by atoms with van der Waals surface area (Å²) in [5.41, 5.74) is 1.48. The lowest BCUT2D eigenvalue weighted by atomic mass is 9.85. The molecule has 2 heteroatoms. The third-order valence-corrected chi connectivity index (χ3v) is 3.97. The summed E-state index contributed by atoms with van der Waals surface area (Å²) >= 11 is 0. The summed E-state index contributed by atoms with van der Waals surface area (Å²) in [4.78, 5) is 2.51. The molecule has 0 radical (unpaired) electrons. The number of nitrogens with zero attached hydrogens (tertiary/aromatic N) is 1. The van der Waals surface area contributed by atoms with Crippen LogP contribution in [0.5, 0.6) is 0 Å². The van der Waals surface area contributed by atoms with Crippen molar-refractivity contribution in [3.63, 3.8) is 0 Å². The Labute approximate surface area is 114 Å². The second kappa shape index (κ2) is 6.72. The number of hydrogen-bond donors (Lipinski definition) is 1. The fourth-order valence-electron chi connectivity index (χ4n) is 2.87. The van der Waals surface area contributed by atoms with Crippen LogP contribution in [-0.2, 0) is 0 Å². The number of nitrogens with one attached hydrogen (secondary N) is 1. The molecule has 0 amide bonds. The van der Waals surface area contributed by atoms with Crippen molar-refractivity contribution in [2.24, 2.45) is 5.92 Å². The molecule has 0 saturated heterocycles. The quantitative estimate of drug-likeness (QED) is 0.754. The van der Waals surface area contributed by atoms with Gasteiger partial charge < -0.3 is 5.32 Å². The van der Waals surface area contributed by atoms with Gasteiger partial charge in [-0.25, -0.2) is 0 Å². The van der Waals surface area contributed by atoms with E-state index in [1.54, 1.807) is 0 Å². The normalized spacial score (nSPS) is 25.4. The maximum Gasteiger partial charge on any atom is 0.0202 e. The molecule has 0 aromatic carbocycles. The number of hydrogen-bond acceptors (Lipinski definition) is 2. The summed E-state index contributed by atoms with van der Waals surface area (Å²) < 4.78 is 0. The third-order valence-electron chi connectivity index (χ3n) is 3.97. The van der Waals surface area contributed by atoms with Gasteiger partial charge in [0, 0.05) is 24.7 Å². The van der Waals surface area contributed by atoms with E-state index < -0.39 is 0 Å². The van der Waals surface area contributed by atoms with E-state index in [0.717, 1.165) is 25.0 Å². The Morgan fingerprint density at radius 2 is 1.89 bits per heavy atom. The summed E-state index contributed by atoms with van der Waals surface area (Å²) in [6.07, 6.45) is 5.56. The molecule has 2 unspecified atom stereocenters. The van der Waals surface area contributed by atoms with Crippen LogP contribution in [0.4, 0.5) is 0 Å². The summed E-state index contributed by atoms with van der Waals surface area (Å²) in [7, 11) is 2.26. The topological polar surface area (TPSA) is 15.3 Å². The van der Waals surface area contributed by atoms with E-state index in [4.69, 9.17) is 0 Å². The lowest BCUT2D eigenvalue weighted by Crippen LogP contribution is -2.42. The Kier molecular flexibility index (Phi) is 5.87. The van der Waals surface area contributed by atoms with Crippen molar-refractivity contribution in [1.29, 1.82) is 0 Å². The molecule has 0 bridgehead atoms. The molecule has 2 nitrogen and oxygen atoms in total. The van der Waals surface area contributed by atoms with E-state index in [1.165, 1.54) is 31.3 Å². The molecule has 106 valence electrons. The van der Waals surface area contributed by atoms with Gasteiger partial charge in [-0.15, -0.1) is 0 Å². The first-order valence-corrected chi connectivity index (χ1v) is 7.41. The van der Waals surface area contributed by atoms with Crippen molar-refractivity contribution < 1.29 is 0 Å². The first-order chi connectivity index (χ1) is 8.29. The van der Waals surface area contributed by atoms with Gasteiger partial charge in [0.15, 0.2) is 0 Å². The summed E-state index contributed by atoms with van der Waals surface area (Å²) in [6, 6.07) is 0.755. The largest absolute Gasteiger partial charge is 0.308 e. The van der Waals surface area contributed by atoms with E-state index >= 15 is 0 Å². The Balaban J connectivity index is 2.34. The molecule has 2 atom stereocenters. The van der Waals surface area contributed by atoms with Crippen LogP contribution in [0.3, 0.4) is 0 Å². The molecule has 1 aliphatic rings. The van der Waals surface area contributed by atoms with Crippen LogP contribution < -0.4 is 5.32 Å². The highest BCUT2D eigenvalue weighted by Gasteiger charge is 2.25. The molecule has 0 aliphatic heterocycles. The molecule has 0 aromatic heterocycles. The van der Waals surface area contributed by atoms with Gasteiger partial charge >= 0.3 is 0 Å². The van der Waals surface area contributed by atoms with E-state index in [0.29, 0.717) is 0 Å². The fraction of sp³-hybridized carbons (Fsp3) is 0.875. The first kappa shape index (κ1) is 15.7. The van der Waals surface area contributed by atoms with Crippen molar-refractivity contribution in [3.8, 4) is 0 Å². The molecule has 1 N–H and O–H groups in total. The minimum absolute atomic E-state index is 0.180. The van der Waals surface area contributed by atoms with Gasteiger partial charge in [-0.05, 0) is 52.2 Å². The van der Waals surface area contributed by atoms with Gasteiger partial charge in [0.25, 0.3) is 0 Å². The molecule has 0 heterocycles. The average molecular weight is 252 g/mol. The smallest absolute Gasteiger partial charge is 0.0202 e. The minimum Gasteiger partial charge on any atom is -0.308 e. The van der Waals surface area contributed by atoms with E-state index in [1.807, 2.05) is 0 Å². The highest BCUT2D eigenvalue weighted by atomic mass is 15.1. The molecule has 1 fully saturated rings. The summed E-state index contributed by atoms with van der Waals surface area (Å²) in [5, 5.41) is 3.51. The summed E-state index contributed by atoms with van der Waals surface area (Å²) in [5.74, 6) is 0.840. The fourth-order valence-corrected chi connectivity index (χ4v) is 2.87. The van der Waals surface area contributed by atoms with E-state index in [2.05, 4.69) is 51.5 Å². The van der Waals surface area contributed by atoms with E-state index in [-0.39, 0.29) is 5.54 Å². The number of rotatable bonds is 5. The second-order valence-corrected chi connectivity index (χ2v) is 7.10. The number of likely N-dealkylation sites (N-methyl/N-ethyl adjacent to an activating group) is 1. The van der Waals surface area contributed by atoms with E-state index in [9.17, 15) is 0 Å². The van der Waals surface area contributed by atoms with Gasteiger partial charge in [0.1, 0.15) is 0 Å². The van der Waals surface area contributed by atoms with Gasteiger partial charge in [-0.1, -0.05) is 26.3 Å². The molecule has 1 aliphatic carbocycles. The molecule has 1 saturated carbocycles. The molecule has 0 spiro atoms. The first-order valence-electron chi connectivity index (χ1n) is 7.41.